The zero-order valence-corrected chi connectivity index (χ0v) is 11.0. The number of hydrogen-bond acceptors (Lipinski definition) is 6. The first kappa shape index (κ1) is 14.8. The van der Waals surface area contributed by atoms with Gasteiger partial charge < -0.3 is 19.5 Å². The molecule has 0 aliphatic carbocycles. The summed E-state index contributed by atoms with van der Waals surface area (Å²) in [7, 11) is 3.49. The number of hydrogen-bond donors (Lipinski definition) is 1. The van der Waals surface area contributed by atoms with Gasteiger partial charge in [-0.15, -0.1) is 0 Å². The summed E-state index contributed by atoms with van der Waals surface area (Å²) in [4.78, 5) is 8.35. The molecular formula is C12H21N3O3. The molecule has 0 saturated carbocycles. The van der Waals surface area contributed by atoms with Crippen LogP contribution in [0.25, 0.3) is 0 Å². The molecule has 0 amide bonds. The number of aromatic nitrogens is 2. The van der Waals surface area contributed by atoms with Crippen molar-refractivity contribution >= 4 is 5.82 Å². The maximum absolute atomic E-state index is 5.42. The Kier molecular flexibility index (Phi) is 8.03. The standard InChI is InChI=1S/C12H21N3O3/c1-13-12-9-14-11(8-15-12)10-18-7-6-17-5-3-4-16-2/h8-9H,3-7,10H2,1-2H3,(H,13,15). The van der Waals surface area contributed by atoms with Gasteiger partial charge in [0.2, 0.25) is 0 Å². The highest BCUT2D eigenvalue weighted by Crippen LogP contribution is 2.00. The van der Waals surface area contributed by atoms with E-state index in [4.69, 9.17) is 14.2 Å². The Morgan fingerprint density at radius 2 is 1.89 bits per heavy atom. The van der Waals surface area contributed by atoms with Gasteiger partial charge in [0.25, 0.3) is 0 Å². The molecule has 18 heavy (non-hydrogen) atoms. The van der Waals surface area contributed by atoms with Gasteiger partial charge in [0.1, 0.15) is 5.82 Å². The quantitative estimate of drug-likeness (QED) is 0.631. The van der Waals surface area contributed by atoms with Gasteiger partial charge in [0.05, 0.1) is 37.9 Å². The second-order valence-electron chi connectivity index (χ2n) is 3.65. The van der Waals surface area contributed by atoms with Gasteiger partial charge >= 0.3 is 0 Å². The van der Waals surface area contributed by atoms with Crippen LogP contribution in [0.5, 0.6) is 0 Å². The van der Waals surface area contributed by atoms with Crippen molar-refractivity contribution in [2.75, 3.05) is 45.9 Å². The summed E-state index contributed by atoms with van der Waals surface area (Å²) >= 11 is 0. The molecule has 0 unspecified atom stereocenters. The van der Waals surface area contributed by atoms with E-state index < -0.39 is 0 Å². The highest BCUT2D eigenvalue weighted by Gasteiger charge is 1.97. The predicted molar refractivity (Wildman–Crippen MR) is 68.5 cm³/mol. The Morgan fingerprint density at radius 1 is 1.06 bits per heavy atom. The first-order chi connectivity index (χ1) is 8.86. The van der Waals surface area contributed by atoms with Gasteiger partial charge in [-0.2, -0.15) is 0 Å². The summed E-state index contributed by atoms with van der Waals surface area (Å²) in [5, 5.41) is 2.91. The van der Waals surface area contributed by atoms with Crippen LogP contribution in [-0.4, -0.2) is 50.6 Å². The number of ether oxygens (including phenoxy) is 3. The number of rotatable bonds is 10. The topological polar surface area (TPSA) is 65.5 Å². The van der Waals surface area contributed by atoms with E-state index in [0.717, 1.165) is 24.5 Å². The van der Waals surface area contributed by atoms with Crippen LogP contribution in [0.2, 0.25) is 0 Å². The third-order valence-electron chi connectivity index (χ3n) is 2.22. The average Bonchev–Trinajstić information content (AvgIpc) is 2.42. The molecule has 1 aromatic heterocycles. The number of nitrogens with one attached hydrogen (secondary N) is 1. The Hall–Kier alpha value is -1.24. The second kappa shape index (κ2) is 9.76. The second-order valence-corrected chi connectivity index (χ2v) is 3.65. The third-order valence-corrected chi connectivity index (χ3v) is 2.22. The first-order valence-electron chi connectivity index (χ1n) is 6.00. The lowest BCUT2D eigenvalue weighted by atomic mass is 10.5. The molecule has 0 aliphatic heterocycles. The molecule has 1 aromatic rings. The Balaban J connectivity index is 2.00. The Morgan fingerprint density at radius 3 is 2.56 bits per heavy atom. The summed E-state index contributed by atoms with van der Waals surface area (Å²) in [6, 6.07) is 0. The van der Waals surface area contributed by atoms with Crippen molar-refractivity contribution in [3.8, 4) is 0 Å². The normalized spacial score (nSPS) is 10.6. The maximum atomic E-state index is 5.42. The molecule has 0 fully saturated rings. The van der Waals surface area contributed by atoms with E-state index in [-0.39, 0.29) is 0 Å². The van der Waals surface area contributed by atoms with Crippen molar-refractivity contribution in [1.82, 2.24) is 9.97 Å². The molecule has 0 aliphatic rings. The number of nitrogens with zero attached hydrogens (tertiary/aromatic N) is 2. The van der Waals surface area contributed by atoms with Crippen LogP contribution in [0, 0.1) is 0 Å². The monoisotopic (exact) mass is 255 g/mol. The van der Waals surface area contributed by atoms with Crippen molar-refractivity contribution < 1.29 is 14.2 Å². The summed E-state index contributed by atoms with van der Waals surface area (Å²) in [5.41, 5.74) is 0.813. The van der Waals surface area contributed by atoms with Crippen molar-refractivity contribution in [3.05, 3.63) is 18.1 Å². The van der Waals surface area contributed by atoms with Crippen LogP contribution in [0.3, 0.4) is 0 Å². The third kappa shape index (κ3) is 6.48. The van der Waals surface area contributed by atoms with Gasteiger partial charge in [0, 0.05) is 27.4 Å². The minimum absolute atomic E-state index is 0.457. The van der Waals surface area contributed by atoms with E-state index in [9.17, 15) is 0 Å². The Labute approximate surface area is 108 Å². The highest BCUT2D eigenvalue weighted by atomic mass is 16.5. The summed E-state index contributed by atoms with van der Waals surface area (Å²) in [6.07, 6.45) is 4.29. The Bertz CT molecular complexity index is 306. The molecule has 0 aromatic carbocycles. The van der Waals surface area contributed by atoms with Gasteiger partial charge in [-0.25, -0.2) is 4.98 Å². The van der Waals surface area contributed by atoms with Gasteiger partial charge in [-0.3, -0.25) is 4.98 Å². The molecule has 6 heteroatoms. The molecule has 6 nitrogen and oxygen atoms in total. The molecule has 0 bridgehead atoms. The summed E-state index contributed by atoms with van der Waals surface area (Å²) < 4.78 is 15.7. The van der Waals surface area contributed by atoms with Crippen LogP contribution in [0.4, 0.5) is 5.82 Å². The van der Waals surface area contributed by atoms with Crippen LogP contribution in [0.1, 0.15) is 12.1 Å². The molecule has 0 radical (unpaired) electrons. The highest BCUT2D eigenvalue weighted by molar-refractivity contribution is 5.29. The molecular weight excluding hydrogens is 234 g/mol. The lowest BCUT2D eigenvalue weighted by Gasteiger charge is -2.05. The predicted octanol–water partition coefficient (Wildman–Crippen LogP) is 1.09. The first-order valence-corrected chi connectivity index (χ1v) is 6.00. The molecule has 102 valence electrons. The van der Waals surface area contributed by atoms with Crippen LogP contribution in [-0.2, 0) is 20.8 Å². The molecule has 1 N–H and O–H groups in total. The van der Waals surface area contributed by atoms with Crippen molar-refractivity contribution in [1.29, 1.82) is 0 Å². The van der Waals surface area contributed by atoms with Crippen LogP contribution >= 0.6 is 0 Å². The van der Waals surface area contributed by atoms with E-state index in [2.05, 4.69) is 15.3 Å². The van der Waals surface area contributed by atoms with Crippen molar-refractivity contribution in [2.24, 2.45) is 0 Å². The molecule has 0 spiro atoms. The largest absolute Gasteiger partial charge is 0.385 e. The van der Waals surface area contributed by atoms with Gasteiger partial charge in [0.15, 0.2) is 0 Å². The zero-order chi connectivity index (χ0) is 13.1. The van der Waals surface area contributed by atoms with Crippen molar-refractivity contribution in [3.63, 3.8) is 0 Å². The van der Waals surface area contributed by atoms with E-state index in [1.54, 1.807) is 26.6 Å². The number of anilines is 1. The molecule has 0 atom stereocenters. The van der Waals surface area contributed by atoms with Gasteiger partial charge in [-0.05, 0) is 6.42 Å². The summed E-state index contributed by atoms with van der Waals surface area (Å²) in [5.74, 6) is 0.750. The minimum atomic E-state index is 0.457. The van der Waals surface area contributed by atoms with E-state index in [1.807, 2.05) is 0 Å². The SMILES string of the molecule is CNc1cnc(COCCOCCCOC)cn1. The van der Waals surface area contributed by atoms with Gasteiger partial charge in [-0.1, -0.05) is 0 Å². The summed E-state index contributed by atoms with van der Waals surface area (Å²) in [6.45, 7) is 3.04. The minimum Gasteiger partial charge on any atom is -0.385 e. The average molecular weight is 255 g/mol. The molecule has 0 saturated heterocycles. The number of methoxy groups -OCH3 is 1. The lowest BCUT2D eigenvalue weighted by molar-refractivity contribution is 0.0327. The fourth-order valence-corrected chi connectivity index (χ4v) is 1.26. The fourth-order valence-electron chi connectivity index (χ4n) is 1.26. The molecule has 1 heterocycles. The van der Waals surface area contributed by atoms with Crippen LogP contribution in [0.15, 0.2) is 12.4 Å². The lowest BCUT2D eigenvalue weighted by Crippen LogP contribution is -2.07. The van der Waals surface area contributed by atoms with Crippen LogP contribution < -0.4 is 5.32 Å². The van der Waals surface area contributed by atoms with Crippen molar-refractivity contribution in [2.45, 2.75) is 13.0 Å². The van der Waals surface area contributed by atoms with E-state index in [1.165, 1.54) is 0 Å². The van der Waals surface area contributed by atoms with E-state index in [0.29, 0.717) is 26.4 Å². The molecule has 1 rings (SSSR count). The smallest absolute Gasteiger partial charge is 0.144 e. The van der Waals surface area contributed by atoms with E-state index >= 15 is 0 Å². The fraction of sp³-hybridized carbons (Fsp3) is 0.667. The zero-order valence-electron chi connectivity index (χ0n) is 11.0. The maximum Gasteiger partial charge on any atom is 0.144 e.